The number of aliphatic hydroxyl groups is 1. The predicted molar refractivity (Wildman–Crippen MR) is 70.0 cm³/mol. The van der Waals surface area contributed by atoms with Crippen LogP contribution in [-0.2, 0) is 4.79 Å². The quantitative estimate of drug-likeness (QED) is 0.861. The molecule has 92 valence electrons. The number of nitrogens with zero attached hydrogens (tertiary/aromatic N) is 1. The van der Waals surface area contributed by atoms with E-state index in [4.69, 9.17) is 5.11 Å². The maximum absolute atomic E-state index is 12.1. The average molecular weight is 299 g/mol. The minimum Gasteiger partial charge on any atom is -0.394 e. The molecule has 2 unspecified atom stereocenters. The van der Waals surface area contributed by atoms with Gasteiger partial charge in [-0.25, -0.2) is 0 Å². The van der Waals surface area contributed by atoms with Crippen LogP contribution in [0.4, 0.5) is 5.69 Å². The second-order valence-corrected chi connectivity index (χ2v) is 5.09. The third-order valence-electron chi connectivity index (χ3n) is 2.92. The van der Waals surface area contributed by atoms with Gasteiger partial charge in [0, 0.05) is 22.7 Å². The van der Waals surface area contributed by atoms with Crippen LogP contribution < -0.4 is 10.2 Å². The Morgan fingerprint density at radius 1 is 1.47 bits per heavy atom. The largest absolute Gasteiger partial charge is 0.394 e. The minimum atomic E-state index is -0.491. The van der Waals surface area contributed by atoms with Crippen LogP contribution in [-0.4, -0.2) is 36.2 Å². The van der Waals surface area contributed by atoms with Gasteiger partial charge in [0.1, 0.15) is 6.04 Å². The zero-order valence-corrected chi connectivity index (χ0v) is 11.1. The molecule has 2 atom stereocenters. The van der Waals surface area contributed by atoms with Gasteiger partial charge in [0.15, 0.2) is 0 Å². The Bertz CT molecular complexity index is 407. The average Bonchev–Trinajstić information content (AvgIpc) is 2.32. The van der Waals surface area contributed by atoms with Crippen molar-refractivity contribution in [3.63, 3.8) is 0 Å². The second kappa shape index (κ2) is 5.16. The molecule has 1 heterocycles. The van der Waals surface area contributed by atoms with Gasteiger partial charge in [-0.3, -0.25) is 4.79 Å². The highest BCUT2D eigenvalue weighted by atomic mass is 79.9. The van der Waals surface area contributed by atoms with E-state index in [1.54, 1.807) is 4.90 Å². The third-order valence-corrected chi connectivity index (χ3v) is 3.45. The summed E-state index contributed by atoms with van der Waals surface area (Å²) >= 11 is 3.37. The molecule has 0 spiro atoms. The molecule has 0 radical (unpaired) electrons. The molecule has 4 nitrogen and oxygen atoms in total. The van der Waals surface area contributed by atoms with Gasteiger partial charge in [0.2, 0.25) is 5.91 Å². The number of nitrogens with one attached hydrogen (secondary N) is 1. The Labute approximate surface area is 109 Å². The van der Waals surface area contributed by atoms with Gasteiger partial charge >= 0.3 is 0 Å². The highest BCUT2D eigenvalue weighted by molar-refractivity contribution is 9.10. The Hall–Kier alpha value is -0.910. The smallest absolute Gasteiger partial charge is 0.246 e. The van der Waals surface area contributed by atoms with Gasteiger partial charge < -0.3 is 15.3 Å². The van der Waals surface area contributed by atoms with Crippen LogP contribution in [0.1, 0.15) is 6.92 Å². The van der Waals surface area contributed by atoms with E-state index in [0.717, 1.165) is 10.2 Å². The van der Waals surface area contributed by atoms with Gasteiger partial charge in [-0.15, -0.1) is 0 Å². The van der Waals surface area contributed by atoms with Crippen molar-refractivity contribution >= 4 is 27.5 Å². The summed E-state index contributed by atoms with van der Waals surface area (Å²) < 4.78 is 0.982. The molecule has 2 rings (SSSR count). The van der Waals surface area contributed by atoms with Crippen molar-refractivity contribution in [2.75, 3.05) is 18.1 Å². The molecule has 0 aromatic heterocycles. The lowest BCUT2D eigenvalue weighted by atomic mass is 10.1. The SMILES string of the molecule is CC1CNC(CO)C(=O)N1c1ccc(Br)cc1. The van der Waals surface area contributed by atoms with Crippen LogP contribution in [0.2, 0.25) is 0 Å². The summed E-state index contributed by atoms with van der Waals surface area (Å²) in [6.45, 7) is 2.51. The second-order valence-electron chi connectivity index (χ2n) is 4.18. The number of halogens is 1. The zero-order chi connectivity index (χ0) is 12.4. The van der Waals surface area contributed by atoms with E-state index < -0.39 is 6.04 Å². The van der Waals surface area contributed by atoms with Crippen molar-refractivity contribution in [1.82, 2.24) is 5.32 Å². The predicted octanol–water partition coefficient (Wildman–Crippen LogP) is 1.13. The number of carbonyl (C=O) groups is 1. The van der Waals surface area contributed by atoms with Crippen molar-refractivity contribution in [3.8, 4) is 0 Å². The first-order valence-electron chi connectivity index (χ1n) is 5.56. The van der Waals surface area contributed by atoms with Crippen LogP contribution in [0, 0.1) is 0 Å². The Balaban J connectivity index is 2.28. The molecule has 0 bridgehead atoms. The summed E-state index contributed by atoms with van der Waals surface area (Å²) in [7, 11) is 0. The van der Waals surface area contributed by atoms with Gasteiger partial charge in [0.05, 0.1) is 6.61 Å². The number of amides is 1. The fourth-order valence-corrected chi connectivity index (χ4v) is 2.27. The molecule has 2 N–H and O–H groups in total. The number of benzene rings is 1. The van der Waals surface area contributed by atoms with E-state index in [1.807, 2.05) is 31.2 Å². The van der Waals surface area contributed by atoms with Gasteiger partial charge in [0.25, 0.3) is 0 Å². The van der Waals surface area contributed by atoms with E-state index in [2.05, 4.69) is 21.2 Å². The maximum Gasteiger partial charge on any atom is 0.246 e. The molecule has 1 amide bonds. The van der Waals surface area contributed by atoms with Gasteiger partial charge in [-0.05, 0) is 31.2 Å². The Morgan fingerprint density at radius 2 is 2.12 bits per heavy atom. The number of rotatable bonds is 2. The van der Waals surface area contributed by atoms with Gasteiger partial charge in [-0.1, -0.05) is 15.9 Å². The molecule has 1 aliphatic rings. The molecule has 0 saturated carbocycles. The normalized spacial score (nSPS) is 25.1. The molecule has 5 heteroatoms. The van der Waals surface area contributed by atoms with Crippen molar-refractivity contribution in [3.05, 3.63) is 28.7 Å². The topological polar surface area (TPSA) is 52.6 Å². The molecule has 1 aliphatic heterocycles. The van der Waals surface area contributed by atoms with Crippen molar-refractivity contribution in [1.29, 1.82) is 0 Å². The fraction of sp³-hybridized carbons (Fsp3) is 0.417. The first-order chi connectivity index (χ1) is 8.13. The van der Waals surface area contributed by atoms with Gasteiger partial charge in [-0.2, -0.15) is 0 Å². The van der Waals surface area contributed by atoms with Crippen LogP contribution >= 0.6 is 15.9 Å². The number of piperazine rings is 1. The first kappa shape index (κ1) is 12.5. The Kier molecular flexibility index (Phi) is 3.81. The van der Waals surface area contributed by atoms with Crippen molar-refractivity contribution in [2.24, 2.45) is 0 Å². The van der Waals surface area contributed by atoms with Crippen LogP contribution in [0.15, 0.2) is 28.7 Å². The number of anilines is 1. The molecule has 1 aromatic carbocycles. The molecular weight excluding hydrogens is 284 g/mol. The molecular formula is C12H15BrN2O2. The highest BCUT2D eigenvalue weighted by Gasteiger charge is 2.33. The zero-order valence-electron chi connectivity index (χ0n) is 9.56. The third kappa shape index (κ3) is 2.51. The summed E-state index contributed by atoms with van der Waals surface area (Å²) in [6.07, 6.45) is 0. The monoisotopic (exact) mass is 298 g/mol. The molecule has 17 heavy (non-hydrogen) atoms. The molecule has 1 aromatic rings. The molecule has 1 saturated heterocycles. The van der Waals surface area contributed by atoms with Crippen LogP contribution in [0.25, 0.3) is 0 Å². The van der Waals surface area contributed by atoms with Crippen molar-refractivity contribution < 1.29 is 9.90 Å². The first-order valence-corrected chi connectivity index (χ1v) is 6.35. The van der Waals surface area contributed by atoms with E-state index in [9.17, 15) is 4.79 Å². The van der Waals surface area contributed by atoms with E-state index in [1.165, 1.54) is 0 Å². The van der Waals surface area contributed by atoms with Crippen LogP contribution in [0.5, 0.6) is 0 Å². The standard InChI is InChI=1S/C12H15BrN2O2/c1-8-6-14-11(7-16)12(17)15(8)10-4-2-9(13)3-5-10/h2-5,8,11,14,16H,6-7H2,1H3. The lowest BCUT2D eigenvalue weighted by Crippen LogP contribution is -2.60. The fourth-order valence-electron chi connectivity index (χ4n) is 2.00. The molecule has 1 fully saturated rings. The minimum absolute atomic E-state index is 0.0754. The maximum atomic E-state index is 12.1. The number of hydrogen-bond donors (Lipinski definition) is 2. The summed E-state index contributed by atoms with van der Waals surface area (Å²) in [5.41, 5.74) is 0.866. The summed E-state index contributed by atoms with van der Waals surface area (Å²) in [5, 5.41) is 12.2. The van der Waals surface area contributed by atoms with E-state index in [0.29, 0.717) is 6.54 Å². The highest BCUT2D eigenvalue weighted by Crippen LogP contribution is 2.22. The number of aliphatic hydroxyl groups excluding tert-OH is 1. The number of carbonyl (C=O) groups excluding carboxylic acids is 1. The lowest BCUT2D eigenvalue weighted by molar-refractivity contribution is -0.123. The number of hydrogen-bond acceptors (Lipinski definition) is 3. The summed E-state index contributed by atoms with van der Waals surface area (Å²) in [5.74, 6) is -0.0754. The van der Waals surface area contributed by atoms with Crippen molar-refractivity contribution in [2.45, 2.75) is 19.0 Å². The Morgan fingerprint density at radius 3 is 2.71 bits per heavy atom. The van der Waals surface area contributed by atoms with Crippen LogP contribution in [0.3, 0.4) is 0 Å². The van der Waals surface area contributed by atoms with E-state index in [-0.39, 0.29) is 18.6 Å². The summed E-state index contributed by atoms with van der Waals surface area (Å²) in [6, 6.07) is 7.22. The lowest BCUT2D eigenvalue weighted by Gasteiger charge is -2.37. The van der Waals surface area contributed by atoms with E-state index >= 15 is 0 Å². The molecule has 0 aliphatic carbocycles. The summed E-state index contributed by atoms with van der Waals surface area (Å²) in [4.78, 5) is 13.9.